The third-order valence-electron chi connectivity index (χ3n) is 2.84. The lowest BCUT2D eigenvalue weighted by Gasteiger charge is -2.14. The van der Waals surface area contributed by atoms with Crippen LogP contribution in [0.3, 0.4) is 0 Å². The first-order valence-electron chi connectivity index (χ1n) is 6.07. The molecular formula is C14H15BrN2O2. The zero-order valence-electron chi connectivity index (χ0n) is 10.6. The molecule has 2 aromatic rings. The van der Waals surface area contributed by atoms with Crippen LogP contribution in [0.5, 0.6) is 0 Å². The number of halogens is 1. The molecule has 5 heteroatoms. The van der Waals surface area contributed by atoms with Crippen LogP contribution >= 0.6 is 15.9 Å². The molecular weight excluding hydrogens is 308 g/mol. The molecule has 0 saturated carbocycles. The maximum absolute atomic E-state index is 11.5. The van der Waals surface area contributed by atoms with Crippen molar-refractivity contribution in [1.82, 2.24) is 4.98 Å². The highest BCUT2D eigenvalue weighted by Crippen LogP contribution is 2.29. The van der Waals surface area contributed by atoms with Gasteiger partial charge in [0.05, 0.1) is 18.5 Å². The summed E-state index contributed by atoms with van der Waals surface area (Å²) in [5.41, 5.74) is 7.75. The van der Waals surface area contributed by atoms with Crippen LogP contribution in [0.2, 0.25) is 0 Å². The lowest BCUT2D eigenvalue weighted by Crippen LogP contribution is -2.17. The topological polar surface area (TPSA) is 65.2 Å². The second kappa shape index (κ2) is 6.12. The van der Waals surface area contributed by atoms with Crippen LogP contribution < -0.4 is 5.73 Å². The van der Waals surface area contributed by atoms with E-state index in [0.29, 0.717) is 6.61 Å². The minimum atomic E-state index is -0.412. The monoisotopic (exact) mass is 322 g/mol. The summed E-state index contributed by atoms with van der Waals surface area (Å²) in [7, 11) is 0. The van der Waals surface area contributed by atoms with E-state index >= 15 is 0 Å². The Balaban J connectivity index is 2.35. The molecule has 0 radical (unpaired) electrons. The summed E-state index contributed by atoms with van der Waals surface area (Å²) >= 11 is 3.48. The van der Waals surface area contributed by atoms with Crippen molar-refractivity contribution >= 4 is 32.8 Å². The summed E-state index contributed by atoms with van der Waals surface area (Å²) < 4.78 is 5.88. The van der Waals surface area contributed by atoms with Gasteiger partial charge in [0, 0.05) is 22.1 Å². The predicted octanol–water partition coefficient (Wildman–Crippen LogP) is 2.95. The number of nitrogens with two attached hydrogens (primary N) is 1. The highest BCUT2D eigenvalue weighted by Gasteiger charge is 2.16. The summed E-state index contributed by atoms with van der Waals surface area (Å²) in [4.78, 5) is 15.9. The molecule has 1 atom stereocenters. The zero-order chi connectivity index (χ0) is 13.8. The van der Waals surface area contributed by atoms with E-state index in [0.717, 1.165) is 20.9 Å². The van der Waals surface area contributed by atoms with Crippen molar-refractivity contribution in [3.63, 3.8) is 0 Å². The number of esters is 1. The molecule has 0 aliphatic carbocycles. The number of nitrogens with zero attached hydrogens (tertiary/aromatic N) is 1. The van der Waals surface area contributed by atoms with E-state index < -0.39 is 6.04 Å². The normalized spacial score (nSPS) is 12.4. The van der Waals surface area contributed by atoms with E-state index in [2.05, 4.69) is 20.9 Å². The molecule has 0 fully saturated rings. The Hall–Kier alpha value is -1.46. The Morgan fingerprint density at radius 2 is 2.26 bits per heavy atom. The van der Waals surface area contributed by atoms with Gasteiger partial charge in [0.25, 0.3) is 0 Å². The van der Waals surface area contributed by atoms with Crippen molar-refractivity contribution in [3.8, 4) is 0 Å². The van der Waals surface area contributed by atoms with Crippen LogP contribution in [0, 0.1) is 0 Å². The van der Waals surface area contributed by atoms with Gasteiger partial charge >= 0.3 is 5.97 Å². The molecule has 1 heterocycles. The Labute approximate surface area is 120 Å². The summed E-state index contributed by atoms with van der Waals surface area (Å²) in [6, 6.07) is 7.23. The zero-order valence-corrected chi connectivity index (χ0v) is 12.2. The Kier molecular flexibility index (Phi) is 4.50. The van der Waals surface area contributed by atoms with Gasteiger partial charge in [-0.25, -0.2) is 0 Å². The Bertz CT molecular complexity index is 601. The van der Waals surface area contributed by atoms with Gasteiger partial charge < -0.3 is 10.5 Å². The van der Waals surface area contributed by atoms with Gasteiger partial charge in [-0.1, -0.05) is 28.1 Å². The van der Waals surface area contributed by atoms with E-state index in [9.17, 15) is 4.79 Å². The molecule has 0 aliphatic rings. The molecule has 0 unspecified atom stereocenters. The number of carbonyl (C=O) groups excluding carboxylic acids is 1. The molecule has 1 aromatic carbocycles. The van der Waals surface area contributed by atoms with Gasteiger partial charge in [-0.15, -0.1) is 0 Å². The second-order valence-electron chi connectivity index (χ2n) is 4.15. The van der Waals surface area contributed by atoms with Crippen LogP contribution in [-0.2, 0) is 9.53 Å². The molecule has 0 saturated heterocycles. The number of hydrogen-bond donors (Lipinski definition) is 1. The highest BCUT2D eigenvalue weighted by atomic mass is 79.9. The average Bonchev–Trinajstić information content (AvgIpc) is 2.39. The summed E-state index contributed by atoms with van der Waals surface area (Å²) in [5.74, 6) is -0.290. The first-order valence-corrected chi connectivity index (χ1v) is 6.87. The smallest absolute Gasteiger partial charge is 0.307 e. The number of aromatic nitrogens is 1. The van der Waals surface area contributed by atoms with Crippen LogP contribution in [-0.4, -0.2) is 17.6 Å². The SMILES string of the molecule is CCOC(=O)C[C@H](N)c1ccc(Br)c2cccnc12. The van der Waals surface area contributed by atoms with Gasteiger partial charge in [-0.05, 0) is 24.6 Å². The standard InChI is InChI=1S/C14H15BrN2O2/c1-2-19-13(18)8-12(16)10-5-6-11(15)9-4-3-7-17-14(9)10/h3-7,12H,2,8,16H2,1H3/t12-/m0/s1. The largest absolute Gasteiger partial charge is 0.466 e. The van der Waals surface area contributed by atoms with Crippen molar-refractivity contribution in [1.29, 1.82) is 0 Å². The van der Waals surface area contributed by atoms with Gasteiger partial charge in [0.15, 0.2) is 0 Å². The van der Waals surface area contributed by atoms with Gasteiger partial charge in [-0.3, -0.25) is 9.78 Å². The molecule has 0 spiro atoms. The molecule has 0 bridgehead atoms. The third kappa shape index (κ3) is 3.11. The van der Waals surface area contributed by atoms with Gasteiger partial charge in [0.2, 0.25) is 0 Å². The first kappa shape index (κ1) is 14.0. The van der Waals surface area contributed by atoms with Crippen molar-refractivity contribution in [2.75, 3.05) is 6.61 Å². The maximum Gasteiger partial charge on any atom is 0.307 e. The first-order chi connectivity index (χ1) is 9.13. The average molecular weight is 323 g/mol. The van der Waals surface area contributed by atoms with Crippen molar-refractivity contribution < 1.29 is 9.53 Å². The van der Waals surface area contributed by atoms with E-state index in [1.807, 2.05) is 24.3 Å². The second-order valence-corrected chi connectivity index (χ2v) is 5.01. The number of carbonyl (C=O) groups is 1. The van der Waals surface area contributed by atoms with E-state index in [-0.39, 0.29) is 12.4 Å². The lowest BCUT2D eigenvalue weighted by molar-refractivity contribution is -0.143. The lowest BCUT2D eigenvalue weighted by atomic mass is 10.0. The molecule has 2 rings (SSSR count). The fraction of sp³-hybridized carbons (Fsp3) is 0.286. The molecule has 4 nitrogen and oxygen atoms in total. The van der Waals surface area contributed by atoms with E-state index in [1.54, 1.807) is 13.1 Å². The van der Waals surface area contributed by atoms with Crippen LogP contribution in [0.4, 0.5) is 0 Å². The summed E-state index contributed by atoms with van der Waals surface area (Å²) in [6.07, 6.45) is 1.87. The number of pyridine rings is 1. The summed E-state index contributed by atoms with van der Waals surface area (Å²) in [6.45, 7) is 2.14. The molecule has 100 valence electrons. The number of fused-ring (bicyclic) bond motifs is 1. The van der Waals surface area contributed by atoms with E-state index in [4.69, 9.17) is 10.5 Å². The quantitative estimate of drug-likeness (QED) is 0.879. The highest BCUT2D eigenvalue weighted by molar-refractivity contribution is 9.10. The fourth-order valence-electron chi connectivity index (χ4n) is 1.97. The number of rotatable bonds is 4. The molecule has 0 amide bonds. The maximum atomic E-state index is 11.5. The Morgan fingerprint density at radius 3 is 3.00 bits per heavy atom. The summed E-state index contributed by atoms with van der Waals surface area (Å²) in [5, 5.41) is 0.985. The molecule has 1 aromatic heterocycles. The fourth-order valence-corrected chi connectivity index (χ4v) is 2.42. The number of ether oxygens (including phenoxy) is 1. The predicted molar refractivity (Wildman–Crippen MR) is 77.6 cm³/mol. The number of hydrogen-bond acceptors (Lipinski definition) is 4. The minimum Gasteiger partial charge on any atom is -0.466 e. The minimum absolute atomic E-state index is 0.154. The number of benzene rings is 1. The van der Waals surface area contributed by atoms with Crippen LogP contribution in [0.15, 0.2) is 34.9 Å². The molecule has 0 aliphatic heterocycles. The van der Waals surface area contributed by atoms with Gasteiger partial charge in [-0.2, -0.15) is 0 Å². The van der Waals surface area contributed by atoms with E-state index in [1.165, 1.54) is 0 Å². The molecule has 2 N–H and O–H groups in total. The van der Waals surface area contributed by atoms with Gasteiger partial charge in [0.1, 0.15) is 0 Å². The third-order valence-corrected chi connectivity index (χ3v) is 3.53. The molecule has 19 heavy (non-hydrogen) atoms. The Morgan fingerprint density at radius 1 is 1.47 bits per heavy atom. The van der Waals surface area contributed by atoms with Crippen molar-refractivity contribution in [3.05, 3.63) is 40.5 Å². The van der Waals surface area contributed by atoms with Crippen molar-refractivity contribution in [2.24, 2.45) is 5.73 Å². The van der Waals surface area contributed by atoms with Crippen LogP contribution in [0.25, 0.3) is 10.9 Å². The van der Waals surface area contributed by atoms with Crippen molar-refractivity contribution in [2.45, 2.75) is 19.4 Å². The van der Waals surface area contributed by atoms with Crippen LogP contribution in [0.1, 0.15) is 24.9 Å².